The number of likely N-dealkylation sites (N-methyl/N-ethyl adjacent to an activating group) is 1. The zero-order valence-corrected chi connectivity index (χ0v) is 14.6. The molecule has 0 radical (unpaired) electrons. The van der Waals surface area contributed by atoms with Crippen molar-refractivity contribution in [2.45, 2.75) is 17.4 Å². The van der Waals surface area contributed by atoms with Crippen LogP contribution in [0.4, 0.5) is 0 Å². The largest absolute Gasteiger partial charge is 0.465 e. The molecule has 0 aromatic heterocycles. The number of hydrogen-bond donors (Lipinski definition) is 1. The Hall–Kier alpha value is -1.97. The maximum absolute atomic E-state index is 13.0. The summed E-state index contributed by atoms with van der Waals surface area (Å²) in [7, 11) is -0.171. The molecule has 1 aliphatic heterocycles. The van der Waals surface area contributed by atoms with Crippen molar-refractivity contribution < 1.29 is 27.5 Å². The number of hydrogen-bond acceptors (Lipinski definition) is 7. The molecule has 132 valence electrons. The summed E-state index contributed by atoms with van der Waals surface area (Å²) in [4.78, 5) is 23.4. The van der Waals surface area contributed by atoms with Crippen molar-refractivity contribution in [3.63, 3.8) is 0 Å². The summed E-state index contributed by atoms with van der Waals surface area (Å²) in [6.07, 6.45) is 0.667. The lowest BCUT2D eigenvalue weighted by atomic mass is 10.1. The molecule has 2 rings (SSSR count). The van der Waals surface area contributed by atoms with Crippen LogP contribution in [-0.2, 0) is 19.5 Å². The zero-order valence-electron chi connectivity index (χ0n) is 13.7. The molecule has 1 aromatic carbocycles. The Balaban J connectivity index is 2.55. The van der Waals surface area contributed by atoms with Crippen molar-refractivity contribution in [3.05, 3.63) is 29.3 Å². The van der Waals surface area contributed by atoms with Crippen LogP contribution in [0.15, 0.2) is 23.1 Å². The van der Waals surface area contributed by atoms with Gasteiger partial charge in [0, 0.05) is 19.6 Å². The van der Waals surface area contributed by atoms with E-state index in [2.05, 4.69) is 14.8 Å². The van der Waals surface area contributed by atoms with Gasteiger partial charge < -0.3 is 14.8 Å². The van der Waals surface area contributed by atoms with Gasteiger partial charge in [0.1, 0.15) is 0 Å². The molecule has 0 aliphatic carbocycles. The molecule has 1 heterocycles. The minimum atomic E-state index is -3.99. The first kappa shape index (κ1) is 18.4. The highest BCUT2D eigenvalue weighted by atomic mass is 32.2. The molecule has 1 saturated heterocycles. The van der Waals surface area contributed by atoms with Crippen molar-refractivity contribution in [1.29, 1.82) is 0 Å². The average molecular weight is 356 g/mol. The molecule has 0 bridgehead atoms. The van der Waals surface area contributed by atoms with Crippen LogP contribution >= 0.6 is 0 Å². The second-order valence-corrected chi connectivity index (χ2v) is 7.33. The Labute approximate surface area is 140 Å². The molecule has 1 aromatic rings. The molecule has 1 atom stereocenters. The van der Waals surface area contributed by atoms with E-state index in [-0.39, 0.29) is 22.1 Å². The summed E-state index contributed by atoms with van der Waals surface area (Å²) in [6, 6.07) is 3.51. The Morgan fingerprint density at radius 1 is 1.21 bits per heavy atom. The van der Waals surface area contributed by atoms with Crippen LogP contribution in [0.2, 0.25) is 0 Å². The van der Waals surface area contributed by atoms with E-state index in [0.29, 0.717) is 13.0 Å². The molecular formula is C15H20N2O6S. The number of carbonyl (C=O) groups excluding carboxylic acids is 2. The third kappa shape index (κ3) is 3.42. The quantitative estimate of drug-likeness (QED) is 0.754. The number of nitrogens with one attached hydrogen (secondary N) is 1. The molecule has 1 aliphatic rings. The summed E-state index contributed by atoms with van der Waals surface area (Å²) >= 11 is 0. The monoisotopic (exact) mass is 356 g/mol. The summed E-state index contributed by atoms with van der Waals surface area (Å²) in [5.41, 5.74) is -0.0790. The number of benzene rings is 1. The van der Waals surface area contributed by atoms with E-state index < -0.39 is 22.0 Å². The van der Waals surface area contributed by atoms with E-state index >= 15 is 0 Å². The van der Waals surface area contributed by atoms with Crippen molar-refractivity contribution in [1.82, 2.24) is 9.62 Å². The van der Waals surface area contributed by atoms with Gasteiger partial charge in [-0.2, -0.15) is 4.31 Å². The molecule has 8 nitrogen and oxygen atoms in total. The number of sulfonamides is 1. The van der Waals surface area contributed by atoms with Crippen molar-refractivity contribution in [2.24, 2.45) is 0 Å². The molecule has 24 heavy (non-hydrogen) atoms. The minimum Gasteiger partial charge on any atom is -0.465 e. The van der Waals surface area contributed by atoms with Crippen molar-refractivity contribution in [3.8, 4) is 0 Å². The zero-order chi connectivity index (χ0) is 17.9. The van der Waals surface area contributed by atoms with Gasteiger partial charge >= 0.3 is 11.9 Å². The lowest BCUT2D eigenvalue weighted by Gasteiger charge is -2.24. The number of ether oxygens (including phenoxy) is 2. The third-order valence-electron chi connectivity index (χ3n) is 4.01. The van der Waals surface area contributed by atoms with E-state index in [1.807, 2.05) is 0 Å². The third-order valence-corrected chi connectivity index (χ3v) is 5.96. The van der Waals surface area contributed by atoms with Crippen molar-refractivity contribution in [2.75, 3.05) is 34.4 Å². The summed E-state index contributed by atoms with van der Waals surface area (Å²) in [6.45, 7) is 1.25. The van der Waals surface area contributed by atoms with Gasteiger partial charge in [0.05, 0.1) is 30.2 Å². The van der Waals surface area contributed by atoms with Gasteiger partial charge in [0.25, 0.3) is 0 Å². The topological polar surface area (TPSA) is 102 Å². The number of carbonyl (C=O) groups is 2. The van der Waals surface area contributed by atoms with Gasteiger partial charge in [-0.1, -0.05) is 0 Å². The second kappa shape index (κ2) is 7.29. The fraction of sp³-hybridized carbons (Fsp3) is 0.467. The number of nitrogens with zero attached hydrogens (tertiary/aromatic N) is 1. The van der Waals surface area contributed by atoms with Crippen LogP contribution in [0.5, 0.6) is 0 Å². The predicted octanol–water partition coefficient (Wildman–Crippen LogP) is 0.242. The molecule has 1 fully saturated rings. The molecule has 1 unspecified atom stereocenters. The van der Waals surface area contributed by atoms with E-state index in [0.717, 1.165) is 19.7 Å². The van der Waals surface area contributed by atoms with Crippen LogP contribution < -0.4 is 5.32 Å². The van der Waals surface area contributed by atoms with Gasteiger partial charge in [-0.05, 0) is 31.2 Å². The van der Waals surface area contributed by atoms with Crippen LogP contribution in [0.1, 0.15) is 27.1 Å². The van der Waals surface area contributed by atoms with Gasteiger partial charge in [-0.3, -0.25) is 0 Å². The van der Waals surface area contributed by atoms with Crippen molar-refractivity contribution >= 4 is 22.0 Å². The number of methoxy groups -OCH3 is 2. The number of rotatable bonds is 5. The Kier molecular flexibility index (Phi) is 5.58. The molecule has 9 heteroatoms. The Morgan fingerprint density at radius 3 is 2.42 bits per heavy atom. The van der Waals surface area contributed by atoms with Gasteiger partial charge in [0.15, 0.2) is 0 Å². The minimum absolute atomic E-state index is 0.0432. The molecule has 0 spiro atoms. The maximum atomic E-state index is 13.0. The SMILES string of the molecule is COC(=O)c1ccc(C(=O)OC)c(S(=O)(=O)N(C)C2CCNC2)c1. The molecular weight excluding hydrogens is 336 g/mol. The highest BCUT2D eigenvalue weighted by molar-refractivity contribution is 7.89. The first-order valence-electron chi connectivity index (χ1n) is 7.32. The maximum Gasteiger partial charge on any atom is 0.339 e. The van der Waals surface area contributed by atoms with E-state index in [1.54, 1.807) is 0 Å². The summed E-state index contributed by atoms with van der Waals surface area (Å²) < 4.78 is 36.4. The van der Waals surface area contributed by atoms with Crippen LogP contribution in [0.3, 0.4) is 0 Å². The number of esters is 2. The van der Waals surface area contributed by atoms with E-state index in [4.69, 9.17) is 0 Å². The van der Waals surface area contributed by atoms with Gasteiger partial charge in [-0.15, -0.1) is 0 Å². The highest BCUT2D eigenvalue weighted by Gasteiger charge is 2.33. The Bertz CT molecular complexity index is 740. The molecule has 0 amide bonds. The van der Waals surface area contributed by atoms with Crippen LogP contribution in [0.25, 0.3) is 0 Å². The van der Waals surface area contributed by atoms with Crippen LogP contribution in [0, 0.1) is 0 Å². The summed E-state index contributed by atoms with van der Waals surface area (Å²) in [5.74, 6) is -1.48. The second-order valence-electron chi connectivity index (χ2n) is 5.36. The predicted molar refractivity (Wildman–Crippen MR) is 85.3 cm³/mol. The Morgan fingerprint density at radius 2 is 1.88 bits per heavy atom. The fourth-order valence-electron chi connectivity index (χ4n) is 2.56. The van der Waals surface area contributed by atoms with E-state index in [1.165, 1.54) is 30.6 Å². The van der Waals surface area contributed by atoms with Gasteiger partial charge in [-0.25, -0.2) is 18.0 Å². The average Bonchev–Trinajstić information content (AvgIpc) is 3.13. The molecule has 1 N–H and O–H groups in total. The standard InChI is InChI=1S/C15H20N2O6S/c1-17(11-6-7-16-9-11)24(20,21)13-8-10(14(18)22-2)4-5-12(13)15(19)23-3/h4-5,8,11,16H,6-7,9H2,1-3H3. The van der Waals surface area contributed by atoms with E-state index in [9.17, 15) is 18.0 Å². The molecule has 0 saturated carbocycles. The fourth-order valence-corrected chi connectivity index (χ4v) is 4.15. The summed E-state index contributed by atoms with van der Waals surface area (Å²) in [5, 5.41) is 3.09. The lowest BCUT2D eigenvalue weighted by molar-refractivity contribution is 0.0583. The first-order valence-corrected chi connectivity index (χ1v) is 8.76. The van der Waals surface area contributed by atoms with Gasteiger partial charge in [0.2, 0.25) is 10.0 Å². The smallest absolute Gasteiger partial charge is 0.339 e. The highest BCUT2D eigenvalue weighted by Crippen LogP contribution is 2.25. The lowest BCUT2D eigenvalue weighted by Crippen LogP contribution is -2.39. The first-order chi connectivity index (χ1) is 11.3. The van der Waals surface area contributed by atoms with Crippen LogP contribution in [-0.4, -0.2) is 65.1 Å². The normalized spacial score (nSPS) is 17.8.